The molecule has 1 aromatic carbocycles. The molecule has 0 fully saturated rings. The van der Waals surface area contributed by atoms with E-state index in [-0.39, 0.29) is 0 Å². The summed E-state index contributed by atoms with van der Waals surface area (Å²) in [6, 6.07) is 10.2. The summed E-state index contributed by atoms with van der Waals surface area (Å²) >= 11 is 0. The average molecular weight is 245 g/mol. The Morgan fingerprint density at radius 2 is 1.83 bits per heavy atom. The molecule has 1 aromatic heterocycles. The van der Waals surface area contributed by atoms with E-state index in [1.54, 1.807) is 0 Å². The van der Waals surface area contributed by atoms with Gasteiger partial charge >= 0.3 is 0 Å². The van der Waals surface area contributed by atoms with Crippen molar-refractivity contribution in [1.29, 1.82) is 0 Å². The molecule has 1 N–H and O–H groups in total. The van der Waals surface area contributed by atoms with Crippen molar-refractivity contribution in [2.45, 2.75) is 26.2 Å². The first-order chi connectivity index (χ1) is 8.88. The lowest BCUT2D eigenvalue weighted by Gasteiger charge is -1.98. The van der Waals surface area contributed by atoms with Crippen molar-refractivity contribution in [3.05, 3.63) is 47.7 Å². The van der Waals surface area contributed by atoms with Gasteiger partial charge in [0.25, 0.3) is 0 Å². The Bertz CT molecular complexity index is 453. The second kappa shape index (κ2) is 6.91. The molecule has 0 amide bonds. The van der Waals surface area contributed by atoms with E-state index in [1.165, 1.54) is 5.56 Å². The topological polar surface area (TPSA) is 51.0 Å². The van der Waals surface area contributed by atoms with Gasteiger partial charge in [0.2, 0.25) is 11.8 Å². The Labute approximate surface area is 107 Å². The molecule has 0 radical (unpaired) electrons. The number of nitrogens with one attached hydrogen (secondary N) is 1. The van der Waals surface area contributed by atoms with E-state index < -0.39 is 0 Å². The summed E-state index contributed by atoms with van der Waals surface area (Å²) in [4.78, 5) is 0. The summed E-state index contributed by atoms with van der Waals surface area (Å²) in [5, 5.41) is 11.4. The number of rotatable bonds is 7. The van der Waals surface area contributed by atoms with E-state index in [2.05, 4.69) is 34.6 Å². The van der Waals surface area contributed by atoms with Crippen molar-refractivity contribution in [2.24, 2.45) is 0 Å². The van der Waals surface area contributed by atoms with Gasteiger partial charge < -0.3 is 9.73 Å². The van der Waals surface area contributed by atoms with Crippen molar-refractivity contribution >= 4 is 0 Å². The van der Waals surface area contributed by atoms with Gasteiger partial charge in [-0.2, -0.15) is 0 Å². The van der Waals surface area contributed by atoms with Crippen LogP contribution in [-0.2, 0) is 12.8 Å². The third kappa shape index (κ3) is 3.96. The van der Waals surface area contributed by atoms with Crippen LogP contribution in [0, 0.1) is 0 Å². The van der Waals surface area contributed by atoms with E-state index in [1.807, 2.05) is 18.2 Å². The Balaban J connectivity index is 1.83. The van der Waals surface area contributed by atoms with Crippen LogP contribution < -0.4 is 5.32 Å². The van der Waals surface area contributed by atoms with Gasteiger partial charge in [0, 0.05) is 13.0 Å². The normalized spacial score (nSPS) is 10.7. The molecule has 0 atom stereocenters. The quantitative estimate of drug-likeness (QED) is 0.760. The zero-order chi connectivity index (χ0) is 12.6. The first-order valence-electron chi connectivity index (χ1n) is 6.44. The predicted octanol–water partition coefficient (Wildman–Crippen LogP) is 2.20. The van der Waals surface area contributed by atoms with Gasteiger partial charge in [-0.05, 0) is 18.5 Å². The standard InChI is InChI=1S/C14H19N3O/c1-2-9-15-10-8-13-16-17-14(18-13)11-12-6-4-3-5-7-12/h3-7,15H,2,8-11H2,1H3. The fourth-order valence-electron chi connectivity index (χ4n) is 1.73. The summed E-state index contributed by atoms with van der Waals surface area (Å²) < 4.78 is 5.61. The summed E-state index contributed by atoms with van der Waals surface area (Å²) in [6.45, 7) is 4.07. The second-order valence-electron chi connectivity index (χ2n) is 4.25. The Hall–Kier alpha value is -1.68. The molecule has 96 valence electrons. The van der Waals surface area contributed by atoms with Crippen molar-refractivity contribution in [3.63, 3.8) is 0 Å². The van der Waals surface area contributed by atoms with Crippen molar-refractivity contribution in [1.82, 2.24) is 15.5 Å². The molecule has 2 aromatic rings. The first kappa shape index (κ1) is 12.8. The number of nitrogens with zero attached hydrogens (tertiary/aromatic N) is 2. The van der Waals surface area contributed by atoms with E-state index >= 15 is 0 Å². The van der Waals surface area contributed by atoms with Gasteiger partial charge in [0.05, 0.1) is 6.42 Å². The highest BCUT2D eigenvalue weighted by molar-refractivity contribution is 5.17. The summed E-state index contributed by atoms with van der Waals surface area (Å²) in [6.07, 6.45) is 2.64. The monoisotopic (exact) mass is 245 g/mol. The lowest BCUT2D eigenvalue weighted by Crippen LogP contribution is -2.17. The molecule has 0 saturated carbocycles. The number of aromatic nitrogens is 2. The van der Waals surface area contributed by atoms with Crippen molar-refractivity contribution < 1.29 is 4.42 Å². The zero-order valence-corrected chi connectivity index (χ0v) is 10.7. The highest BCUT2D eigenvalue weighted by Crippen LogP contribution is 2.08. The lowest BCUT2D eigenvalue weighted by molar-refractivity contribution is 0.451. The highest BCUT2D eigenvalue weighted by Gasteiger charge is 2.06. The van der Waals surface area contributed by atoms with Crippen LogP contribution >= 0.6 is 0 Å². The highest BCUT2D eigenvalue weighted by atomic mass is 16.4. The lowest BCUT2D eigenvalue weighted by atomic mass is 10.2. The smallest absolute Gasteiger partial charge is 0.220 e. The minimum absolute atomic E-state index is 0.687. The van der Waals surface area contributed by atoms with Crippen LogP contribution in [0.25, 0.3) is 0 Å². The zero-order valence-electron chi connectivity index (χ0n) is 10.7. The molecule has 4 heteroatoms. The van der Waals surface area contributed by atoms with Gasteiger partial charge in [0.1, 0.15) is 0 Å². The molecule has 0 unspecified atom stereocenters. The third-order valence-electron chi connectivity index (χ3n) is 2.65. The number of hydrogen-bond acceptors (Lipinski definition) is 4. The molecular formula is C14H19N3O. The van der Waals surface area contributed by atoms with Crippen LogP contribution in [0.2, 0.25) is 0 Å². The Kier molecular flexibility index (Phi) is 4.90. The maximum absolute atomic E-state index is 5.61. The fourth-order valence-corrected chi connectivity index (χ4v) is 1.73. The van der Waals surface area contributed by atoms with Gasteiger partial charge in [-0.3, -0.25) is 0 Å². The third-order valence-corrected chi connectivity index (χ3v) is 2.65. The Morgan fingerprint density at radius 1 is 1.06 bits per heavy atom. The van der Waals surface area contributed by atoms with Crippen LogP contribution in [0.15, 0.2) is 34.7 Å². The summed E-state index contributed by atoms with van der Waals surface area (Å²) in [5.41, 5.74) is 1.19. The minimum Gasteiger partial charge on any atom is -0.425 e. The van der Waals surface area contributed by atoms with Crippen LogP contribution in [-0.4, -0.2) is 23.3 Å². The first-order valence-corrected chi connectivity index (χ1v) is 6.44. The summed E-state index contributed by atoms with van der Waals surface area (Å²) in [7, 11) is 0. The molecule has 0 saturated heterocycles. The molecule has 0 aliphatic rings. The molecule has 1 heterocycles. The van der Waals surface area contributed by atoms with E-state index in [0.717, 1.165) is 25.9 Å². The molecule has 0 bridgehead atoms. The molecule has 2 rings (SSSR count). The SMILES string of the molecule is CCCNCCc1nnc(Cc2ccccc2)o1. The van der Waals surface area contributed by atoms with Gasteiger partial charge in [0.15, 0.2) is 0 Å². The molecule has 0 aliphatic carbocycles. The van der Waals surface area contributed by atoms with Crippen LogP contribution in [0.4, 0.5) is 0 Å². The van der Waals surface area contributed by atoms with Crippen LogP contribution in [0.5, 0.6) is 0 Å². The molecule has 18 heavy (non-hydrogen) atoms. The molecular weight excluding hydrogens is 226 g/mol. The minimum atomic E-state index is 0.687. The number of hydrogen-bond donors (Lipinski definition) is 1. The van der Waals surface area contributed by atoms with E-state index in [9.17, 15) is 0 Å². The van der Waals surface area contributed by atoms with Gasteiger partial charge in [-0.25, -0.2) is 0 Å². The Morgan fingerprint density at radius 3 is 2.61 bits per heavy atom. The number of benzene rings is 1. The van der Waals surface area contributed by atoms with Crippen LogP contribution in [0.3, 0.4) is 0 Å². The van der Waals surface area contributed by atoms with Crippen molar-refractivity contribution in [3.8, 4) is 0 Å². The van der Waals surface area contributed by atoms with Crippen molar-refractivity contribution in [2.75, 3.05) is 13.1 Å². The summed E-state index contributed by atoms with van der Waals surface area (Å²) in [5.74, 6) is 1.40. The predicted molar refractivity (Wildman–Crippen MR) is 70.4 cm³/mol. The second-order valence-corrected chi connectivity index (χ2v) is 4.25. The average Bonchev–Trinajstić information content (AvgIpc) is 2.84. The molecule has 4 nitrogen and oxygen atoms in total. The maximum atomic E-state index is 5.61. The molecule has 0 aliphatic heterocycles. The fraction of sp³-hybridized carbons (Fsp3) is 0.429. The largest absolute Gasteiger partial charge is 0.425 e. The molecule has 0 spiro atoms. The van der Waals surface area contributed by atoms with E-state index in [0.29, 0.717) is 18.2 Å². The maximum Gasteiger partial charge on any atom is 0.220 e. The van der Waals surface area contributed by atoms with E-state index in [4.69, 9.17) is 4.42 Å². The van der Waals surface area contributed by atoms with Crippen LogP contribution in [0.1, 0.15) is 30.7 Å². The van der Waals surface area contributed by atoms with Gasteiger partial charge in [-0.1, -0.05) is 37.3 Å². The van der Waals surface area contributed by atoms with Gasteiger partial charge in [-0.15, -0.1) is 10.2 Å².